The molecule has 2 aromatic heterocycles. The van der Waals surface area contributed by atoms with Crippen molar-refractivity contribution >= 4 is 32.3 Å². The highest BCUT2D eigenvalue weighted by atomic mass is 32.1. The lowest BCUT2D eigenvalue weighted by Crippen LogP contribution is -2.45. The van der Waals surface area contributed by atoms with E-state index in [2.05, 4.69) is 62.2 Å². The summed E-state index contributed by atoms with van der Waals surface area (Å²) in [5.41, 5.74) is 2.17. The lowest BCUT2D eigenvalue weighted by molar-refractivity contribution is 0.120. The SMILES string of the molecule is O=c1[nH]c(CN2CCN(Cc3cccc4ccccc34)CC2)nc2ccsc12. The second kappa shape index (κ2) is 7.47. The van der Waals surface area contributed by atoms with Gasteiger partial charge in [-0.05, 0) is 27.8 Å². The fourth-order valence-electron chi connectivity index (χ4n) is 3.99. The molecule has 5 nitrogen and oxygen atoms in total. The van der Waals surface area contributed by atoms with Crippen molar-refractivity contribution in [1.29, 1.82) is 0 Å². The first kappa shape index (κ1) is 17.6. The molecule has 1 N–H and O–H groups in total. The Morgan fingerprint density at radius 2 is 1.68 bits per heavy atom. The number of aromatic amines is 1. The van der Waals surface area contributed by atoms with Crippen molar-refractivity contribution in [3.63, 3.8) is 0 Å². The molecule has 1 fully saturated rings. The van der Waals surface area contributed by atoms with Crippen LogP contribution in [-0.2, 0) is 13.1 Å². The van der Waals surface area contributed by atoms with Crippen LogP contribution in [0.25, 0.3) is 21.0 Å². The molecule has 1 aliphatic rings. The van der Waals surface area contributed by atoms with E-state index in [1.54, 1.807) is 0 Å². The van der Waals surface area contributed by atoms with E-state index in [0.29, 0.717) is 11.2 Å². The summed E-state index contributed by atoms with van der Waals surface area (Å²) in [5.74, 6) is 0.762. The molecule has 0 aliphatic carbocycles. The molecule has 1 saturated heterocycles. The Bertz CT molecular complexity index is 1170. The van der Waals surface area contributed by atoms with Gasteiger partial charge in [-0.1, -0.05) is 42.5 Å². The highest BCUT2D eigenvalue weighted by Gasteiger charge is 2.19. The maximum absolute atomic E-state index is 12.2. The molecule has 0 unspecified atom stereocenters. The van der Waals surface area contributed by atoms with Crippen LogP contribution in [0.2, 0.25) is 0 Å². The van der Waals surface area contributed by atoms with Crippen molar-refractivity contribution < 1.29 is 0 Å². The quantitative estimate of drug-likeness (QED) is 0.580. The van der Waals surface area contributed by atoms with Crippen molar-refractivity contribution in [3.8, 4) is 0 Å². The van der Waals surface area contributed by atoms with Crippen LogP contribution in [0.4, 0.5) is 0 Å². The fraction of sp³-hybridized carbons (Fsp3) is 0.273. The lowest BCUT2D eigenvalue weighted by atomic mass is 10.0. The molecule has 6 heteroatoms. The van der Waals surface area contributed by atoms with Gasteiger partial charge >= 0.3 is 0 Å². The molecular formula is C22H22N4OS. The van der Waals surface area contributed by atoms with Crippen LogP contribution in [0, 0.1) is 0 Å². The first-order chi connectivity index (χ1) is 13.8. The van der Waals surface area contributed by atoms with Crippen molar-refractivity contribution in [3.05, 3.63) is 75.7 Å². The van der Waals surface area contributed by atoms with Gasteiger partial charge < -0.3 is 4.98 Å². The number of benzene rings is 2. The van der Waals surface area contributed by atoms with Gasteiger partial charge in [-0.25, -0.2) is 4.98 Å². The minimum atomic E-state index is -0.0235. The summed E-state index contributed by atoms with van der Waals surface area (Å²) in [4.78, 5) is 24.6. The summed E-state index contributed by atoms with van der Waals surface area (Å²) < 4.78 is 0.712. The van der Waals surface area contributed by atoms with Gasteiger partial charge in [-0.2, -0.15) is 0 Å². The van der Waals surface area contributed by atoms with E-state index in [4.69, 9.17) is 0 Å². The summed E-state index contributed by atoms with van der Waals surface area (Å²) in [6.07, 6.45) is 0. The highest BCUT2D eigenvalue weighted by Crippen LogP contribution is 2.21. The van der Waals surface area contributed by atoms with Crippen LogP contribution in [0.5, 0.6) is 0 Å². The van der Waals surface area contributed by atoms with Crippen LogP contribution < -0.4 is 5.56 Å². The Labute approximate surface area is 167 Å². The minimum Gasteiger partial charge on any atom is -0.308 e. The van der Waals surface area contributed by atoms with Crippen LogP contribution >= 0.6 is 11.3 Å². The molecule has 5 rings (SSSR count). The lowest BCUT2D eigenvalue weighted by Gasteiger charge is -2.34. The molecule has 0 spiro atoms. The summed E-state index contributed by atoms with van der Waals surface area (Å²) >= 11 is 1.44. The first-order valence-corrected chi connectivity index (χ1v) is 10.5. The molecule has 28 heavy (non-hydrogen) atoms. The number of nitrogens with zero attached hydrogens (tertiary/aromatic N) is 3. The molecule has 0 atom stereocenters. The number of nitrogens with one attached hydrogen (secondary N) is 1. The summed E-state index contributed by atoms with van der Waals surface area (Å²) in [6.45, 7) is 5.68. The van der Waals surface area contributed by atoms with E-state index in [0.717, 1.165) is 44.1 Å². The molecule has 142 valence electrons. The standard InChI is InChI=1S/C22H22N4OS/c27-22-21-19(8-13-28-21)23-20(24-22)15-26-11-9-25(10-12-26)14-17-6-3-5-16-4-1-2-7-18(16)17/h1-8,13H,9-12,14-15H2,(H,23,24,27). The maximum atomic E-state index is 12.2. The Kier molecular flexibility index (Phi) is 4.68. The Morgan fingerprint density at radius 1 is 0.929 bits per heavy atom. The Morgan fingerprint density at radius 3 is 2.54 bits per heavy atom. The number of rotatable bonds is 4. The topological polar surface area (TPSA) is 52.2 Å². The van der Waals surface area contributed by atoms with E-state index in [-0.39, 0.29) is 5.56 Å². The highest BCUT2D eigenvalue weighted by molar-refractivity contribution is 7.17. The third-order valence-electron chi connectivity index (χ3n) is 5.48. The van der Waals surface area contributed by atoms with Crippen LogP contribution in [-0.4, -0.2) is 45.9 Å². The zero-order chi connectivity index (χ0) is 18.9. The zero-order valence-electron chi connectivity index (χ0n) is 15.6. The number of hydrogen-bond acceptors (Lipinski definition) is 5. The van der Waals surface area contributed by atoms with Crippen molar-refractivity contribution in [1.82, 2.24) is 19.8 Å². The van der Waals surface area contributed by atoms with E-state index in [1.165, 1.54) is 27.7 Å². The number of aromatic nitrogens is 2. The largest absolute Gasteiger partial charge is 0.308 e. The number of piperazine rings is 1. The second-order valence-corrected chi connectivity index (χ2v) is 8.25. The molecule has 1 aliphatic heterocycles. The van der Waals surface area contributed by atoms with Crippen LogP contribution in [0.1, 0.15) is 11.4 Å². The fourth-order valence-corrected chi connectivity index (χ4v) is 4.71. The molecule has 0 amide bonds. The van der Waals surface area contributed by atoms with Crippen molar-refractivity contribution in [2.45, 2.75) is 13.1 Å². The Hall–Kier alpha value is -2.54. The van der Waals surface area contributed by atoms with E-state index in [1.807, 2.05) is 11.4 Å². The number of hydrogen-bond donors (Lipinski definition) is 1. The van der Waals surface area contributed by atoms with Gasteiger partial charge in [-0.3, -0.25) is 14.6 Å². The average molecular weight is 391 g/mol. The van der Waals surface area contributed by atoms with Gasteiger partial charge in [0.05, 0.1) is 12.1 Å². The molecule has 0 bridgehead atoms. The van der Waals surface area contributed by atoms with Gasteiger partial charge in [0.1, 0.15) is 10.5 Å². The van der Waals surface area contributed by atoms with Gasteiger partial charge in [0.2, 0.25) is 0 Å². The third-order valence-corrected chi connectivity index (χ3v) is 6.38. The summed E-state index contributed by atoms with van der Waals surface area (Å²) in [5, 5.41) is 4.57. The average Bonchev–Trinajstić information content (AvgIpc) is 3.19. The second-order valence-electron chi connectivity index (χ2n) is 7.34. The van der Waals surface area contributed by atoms with Gasteiger partial charge in [0.25, 0.3) is 5.56 Å². The zero-order valence-corrected chi connectivity index (χ0v) is 16.4. The van der Waals surface area contributed by atoms with Gasteiger partial charge in [0.15, 0.2) is 0 Å². The van der Waals surface area contributed by atoms with Crippen LogP contribution in [0.3, 0.4) is 0 Å². The Balaban J connectivity index is 1.24. The molecular weight excluding hydrogens is 368 g/mol. The molecule has 0 radical (unpaired) electrons. The molecule has 3 heterocycles. The predicted molar refractivity (Wildman–Crippen MR) is 115 cm³/mol. The van der Waals surface area contributed by atoms with Gasteiger partial charge in [0, 0.05) is 32.7 Å². The monoisotopic (exact) mass is 390 g/mol. The number of fused-ring (bicyclic) bond motifs is 2. The van der Waals surface area contributed by atoms with E-state index in [9.17, 15) is 4.79 Å². The van der Waals surface area contributed by atoms with Gasteiger partial charge in [-0.15, -0.1) is 11.3 Å². The summed E-state index contributed by atoms with van der Waals surface area (Å²) in [6, 6.07) is 17.1. The van der Waals surface area contributed by atoms with E-state index >= 15 is 0 Å². The van der Waals surface area contributed by atoms with Crippen molar-refractivity contribution in [2.24, 2.45) is 0 Å². The third kappa shape index (κ3) is 3.46. The smallest absolute Gasteiger partial charge is 0.268 e. The number of thiophene rings is 1. The normalized spacial score (nSPS) is 16.1. The molecule has 4 aromatic rings. The molecule has 0 saturated carbocycles. The van der Waals surface area contributed by atoms with Crippen molar-refractivity contribution in [2.75, 3.05) is 26.2 Å². The van der Waals surface area contributed by atoms with Crippen LogP contribution in [0.15, 0.2) is 58.7 Å². The predicted octanol–water partition coefficient (Wildman–Crippen LogP) is 3.46. The minimum absolute atomic E-state index is 0.0235. The number of H-pyrrole nitrogens is 1. The summed E-state index contributed by atoms with van der Waals surface area (Å²) in [7, 11) is 0. The maximum Gasteiger partial charge on any atom is 0.268 e. The van der Waals surface area contributed by atoms with E-state index < -0.39 is 0 Å². The molecule has 2 aromatic carbocycles. The first-order valence-electron chi connectivity index (χ1n) is 9.64.